The van der Waals surface area contributed by atoms with Gasteiger partial charge in [-0.2, -0.15) is 0 Å². The molecule has 2 heterocycles. The molecular weight excluding hydrogens is 430 g/mol. The van der Waals surface area contributed by atoms with E-state index in [4.69, 9.17) is 23.4 Å². The molecule has 0 radical (unpaired) electrons. The summed E-state index contributed by atoms with van der Waals surface area (Å²) in [4.78, 5) is 2.45. The number of hydrogen-bond acceptors (Lipinski definition) is 6. The zero-order valence-corrected chi connectivity index (χ0v) is 20.0. The first-order valence-corrected chi connectivity index (χ1v) is 11.3. The average molecular weight is 460 g/mol. The van der Waals surface area contributed by atoms with Gasteiger partial charge < -0.3 is 23.4 Å². The number of benzene rings is 3. The van der Waals surface area contributed by atoms with Crippen molar-refractivity contribution >= 4 is 11.0 Å². The Kier molecular flexibility index (Phi) is 6.07. The summed E-state index contributed by atoms with van der Waals surface area (Å²) in [5.41, 5.74) is 5.58. The summed E-state index contributed by atoms with van der Waals surface area (Å²) in [6, 6.07) is 18.3. The van der Waals surface area contributed by atoms with E-state index in [9.17, 15) is 0 Å². The quantitative estimate of drug-likeness (QED) is 0.354. The molecule has 3 aromatic carbocycles. The van der Waals surface area contributed by atoms with Crippen LogP contribution in [0.5, 0.6) is 23.0 Å². The maximum Gasteiger partial charge on any atom is 0.176 e. The Hall–Kier alpha value is -3.64. The maximum atomic E-state index is 6.28. The summed E-state index contributed by atoms with van der Waals surface area (Å²) in [5, 5.41) is 1.07. The standard InChI is InChI=1S/C28H29NO5/c1-30-22-8-5-18(6-9-22)25-15-23-20(7-10-24(31-2)28(23)34-25)16-29-12-11-19-13-26(32-3)27(33-4)14-21(19)17-29/h5-10,13-15H,11-12,16-17H2,1-4H3. The van der Waals surface area contributed by atoms with Gasteiger partial charge in [-0.25, -0.2) is 0 Å². The summed E-state index contributed by atoms with van der Waals surface area (Å²) in [7, 11) is 6.70. The highest BCUT2D eigenvalue weighted by Crippen LogP contribution is 2.38. The monoisotopic (exact) mass is 459 g/mol. The molecule has 0 aliphatic carbocycles. The number of furan rings is 1. The number of hydrogen-bond donors (Lipinski definition) is 0. The molecule has 1 aliphatic heterocycles. The first-order valence-electron chi connectivity index (χ1n) is 11.3. The van der Waals surface area contributed by atoms with Gasteiger partial charge in [-0.1, -0.05) is 6.07 Å². The second-order valence-corrected chi connectivity index (χ2v) is 8.45. The van der Waals surface area contributed by atoms with Gasteiger partial charge in [0, 0.05) is 30.6 Å². The predicted molar refractivity (Wildman–Crippen MR) is 132 cm³/mol. The van der Waals surface area contributed by atoms with Crippen LogP contribution in [0.4, 0.5) is 0 Å². The lowest BCUT2D eigenvalue weighted by Gasteiger charge is -2.29. The van der Waals surface area contributed by atoms with E-state index in [1.54, 1.807) is 28.4 Å². The minimum Gasteiger partial charge on any atom is -0.497 e. The van der Waals surface area contributed by atoms with Crippen molar-refractivity contribution in [3.8, 4) is 34.3 Å². The van der Waals surface area contributed by atoms with Gasteiger partial charge in [-0.15, -0.1) is 0 Å². The summed E-state index contributed by atoms with van der Waals surface area (Å²) in [6.07, 6.45) is 0.970. The van der Waals surface area contributed by atoms with Gasteiger partial charge in [0.2, 0.25) is 0 Å². The fraction of sp³-hybridized carbons (Fsp3) is 0.286. The molecule has 0 atom stereocenters. The minimum absolute atomic E-state index is 0.735. The molecule has 0 saturated carbocycles. The van der Waals surface area contributed by atoms with Crippen molar-refractivity contribution < 1.29 is 23.4 Å². The number of fused-ring (bicyclic) bond motifs is 2. The first-order chi connectivity index (χ1) is 16.6. The molecule has 0 saturated heterocycles. The highest BCUT2D eigenvalue weighted by molar-refractivity contribution is 5.90. The Morgan fingerprint density at radius 1 is 0.765 bits per heavy atom. The fourth-order valence-electron chi connectivity index (χ4n) is 4.67. The molecule has 0 unspecified atom stereocenters. The van der Waals surface area contributed by atoms with Crippen molar-refractivity contribution in [3.63, 3.8) is 0 Å². The van der Waals surface area contributed by atoms with Crippen molar-refractivity contribution in [2.45, 2.75) is 19.5 Å². The van der Waals surface area contributed by atoms with Crippen molar-refractivity contribution in [2.75, 3.05) is 35.0 Å². The number of ether oxygens (including phenoxy) is 4. The summed E-state index contributed by atoms with van der Waals surface area (Å²) < 4.78 is 28.2. The van der Waals surface area contributed by atoms with Gasteiger partial charge in [0.15, 0.2) is 22.8 Å². The lowest BCUT2D eigenvalue weighted by Crippen LogP contribution is -2.30. The molecule has 1 aliphatic rings. The van der Waals surface area contributed by atoms with Crippen LogP contribution in [-0.2, 0) is 19.5 Å². The third-order valence-electron chi connectivity index (χ3n) is 6.52. The van der Waals surface area contributed by atoms with Crippen LogP contribution in [0.3, 0.4) is 0 Å². The van der Waals surface area contributed by atoms with Crippen LogP contribution in [0.1, 0.15) is 16.7 Å². The van der Waals surface area contributed by atoms with Crippen LogP contribution < -0.4 is 18.9 Å². The Morgan fingerprint density at radius 2 is 1.47 bits per heavy atom. The molecule has 0 N–H and O–H groups in total. The van der Waals surface area contributed by atoms with Crippen LogP contribution in [0.2, 0.25) is 0 Å². The molecule has 5 rings (SSSR count). The van der Waals surface area contributed by atoms with E-state index in [2.05, 4.69) is 29.2 Å². The predicted octanol–water partition coefficient (Wildman–Crippen LogP) is 5.69. The first kappa shape index (κ1) is 22.2. The van der Waals surface area contributed by atoms with E-state index < -0.39 is 0 Å². The van der Waals surface area contributed by atoms with Crippen LogP contribution in [0, 0.1) is 0 Å². The Balaban J connectivity index is 1.45. The lowest BCUT2D eigenvalue weighted by molar-refractivity contribution is 0.245. The van der Waals surface area contributed by atoms with Gasteiger partial charge in [0.25, 0.3) is 0 Å². The van der Waals surface area contributed by atoms with E-state index >= 15 is 0 Å². The van der Waals surface area contributed by atoms with Gasteiger partial charge in [-0.3, -0.25) is 4.90 Å². The van der Waals surface area contributed by atoms with E-state index in [1.807, 2.05) is 30.3 Å². The largest absolute Gasteiger partial charge is 0.497 e. The Bertz CT molecular complexity index is 1310. The topological polar surface area (TPSA) is 53.3 Å². The average Bonchev–Trinajstić information content (AvgIpc) is 3.34. The molecule has 0 fully saturated rings. The van der Waals surface area contributed by atoms with Gasteiger partial charge >= 0.3 is 0 Å². The van der Waals surface area contributed by atoms with E-state index in [0.717, 1.165) is 71.3 Å². The smallest absolute Gasteiger partial charge is 0.176 e. The van der Waals surface area contributed by atoms with Crippen molar-refractivity contribution in [1.82, 2.24) is 4.90 Å². The van der Waals surface area contributed by atoms with Crippen molar-refractivity contribution in [2.24, 2.45) is 0 Å². The second kappa shape index (κ2) is 9.31. The van der Waals surface area contributed by atoms with E-state index in [0.29, 0.717) is 0 Å². The summed E-state index contributed by atoms with van der Waals surface area (Å²) in [6.45, 7) is 2.64. The van der Waals surface area contributed by atoms with Gasteiger partial charge in [0.05, 0.1) is 28.4 Å². The zero-order valence-electron chi connectivity index (χ0n) is 20.0. The van der Waals surface area contributed by atoms with Gasteiger partial charge in [-0.05, 0) is 71.6 Å². The second-order valence-electron chi connectivity index (χ2n) is 8.45. The third-order valence-corrected chi connectivity index (χ3v) is 6.52. The third kappa shape index (κ3) is 4.05. The maximum absolute atomic E-state index is 6.28. The molecular formula is C28H29NO5. The Labute approximate surface area is 199 Å². The summed E-state index contributed by atoms with van der Waals surface area (Å²) >= 11 is 0. The highest BCUT2D eigenvalue weighted by Gasteiger charge is 2.22. The number of rotatable bonds is 7. The lowest BCUT2D eigenvalue weighted by atomic mass is 9.98. The molecule has 4 aromatic rings. The molecule has 1 aromatic heterocycles. The van der Waals surface area contributed by atoms with Crippen molar-refractivity contribution in [3.05, 3.63) is 71.3 Å². The van der Waals surface area contributed by atoms with E-state index in [1.165, 1.54) is 16.7 Å². The Morgan fingerprint density at radius 3 is 2.15 bits per heavy atom. The molecule has 6 heteroatoms. The molecule has 0 amide bonds. The van der Waals surface area contributed by atoms with Crippen molar-refractivity contribution in [1.29, 1.82) is 0 Å². The summed E-state index contributed by atoms with van der Waals surface area (Å²) in [5.74, 6) is 3.92. The normalized spacial score (nSPS) is 13.5. The SMILES string of the molecule is COc1ccc(-c2cc3c(CN4CCc5cc(OC)c(OC)cc5C4)ccc(OC)c3o2)cc1. The van der Waals surface area contributed by atoms with Gasteiger partial charge in [0.1, 0.15) is 11.5 Å². The minimum atomic E-state index is 0.735. The van der Waals surface area contributed by atoms with E-state index in [-0.39, 0.29) is 0 Å². The number of methoxy groups -OCH3 is 4. The zero-order chi connectivity index (χ0) is 23.7. The fourth-order valence-corrected chi connectivity index (χ4v) is 4.67. The molecule has 6 nitrogen and oxygen atoms in total. The molecule has 0 bridgehead atoms. The van der Waals surface area contributed by atoms with Crippen LogP contribution in [-0.4, -0.2) is 39.9 Å². The van der Waals surface area contributed by atoms with Crippen LogP contribution in [0.15, 0.2) is 59.0 Å². The molecule has 34 heavy (non-hydrogen) atoms. The van der Waals surface area contributed by atoms with Crippen LogP contribution in [0.25, 0.3) is 22.3 Å². The molecule has 176 valence electrons. The molecule has 0 spiro atoms. The number of nitrogens with zero attached hydrogens (tertiary/aromatic N) is 1. The highest BCUT2D eigenvalue weighted by atomic mass is 16.5. The van der Waals surface area contributed by atoms with Crippen LogP contribution >= 0.6 is 0 Å².